The highest BCUT2D eigenvalue weighted by Crippen LogP contribution is 2.30. The minimum Gasteiger partial charge on any atom is -0.497 e. The fourth-order valence-corrected chi connectivity index (χ4v) is 2.53. The second-order valence-electron chi connectivity index (χ2n) is 5.96. The van der Waals surface area contributed by atoms with Crippen LogP contribution < -0.4 is 15.6 Å². The summed E-state index contributed by atoms with van der Waals surface area (Å²) in [6, 6.07) is 8.97. The molecular weight excluding hydrogens is 306 g/mol. The molecule has 3 rings (SSSR count). The Morgan fingerprint density at radius 2 is 2.04 bits per heavy atom. The van der Waals surface area contributed by atoms with Gasteiger partial charge in [-0.2, -0.15) is 5.10 Å². The van der Waals surface area contributed by atoms with E-state index in [9.17, 15) is 9.59 Å². The molecule has 1 fully saturated rings. The number of nitrogens with zero attached hydrogens (tertiary/aromatic N) is 2. The lowest BCUT2D eigenvalue weighted by molar-refractivity contribution is 0.0953. The smallest absolute Gasteiger partial charge is 0.279 e. The molecule has 2 aromatic rings. The van der Waals surface area contributed by atoms with Gasteiger partial charge in [0.1, 0.15) is 11.3 Å². The van der Waals surface area contributed by atoms with Gasteiger partial charge >= 0.3 is 0 Å². The van der Waals surface area contributed by atoms with Gasteiger partial charge in [-0.25, -0.2) is 4.68 Å². The molecule has 1 amide bonds. The number of carbonyl (C=O) groups is 1. The zero-order valence-corrected chi connectivity index (χ0v) is 13.9. The average Bonchev–Trinajstić information content (AvgIpc) is 3.41. The predicted octanol–water partition coefficient (Wildman–Crippen LogP) is 2.08. The number of rotatable bonds is 6. The maximum atomic E-state index is 12.6. The van der Waals surface area contributed by atoms with Gasteiger partial charge in [0.15, 0.2) is 0 Å². The topological polar surface area (TPSA) is 73.2 Å². The Bertz CT molecular complexity index is 792. The van der Waals surface area contributed by atoms with Gasteiger partial charge in [-0.1, -0.05) is 0 Å². The van der Waals surface area contributed by atoms with Gasteiger partial charge in [-0.3, -0.25) is 9.59 Å². The van der Waals surface area contributed by atoms with Crippen molar-refractivity contribution in [2.24, 2.45) is 5.92 Å². The third-order valence-electron chi connectivity index (χ3n) is 4.07. The van der Waals surface area contributed by atoms with Gasteiger partial charge in [0, 0.05) is 18.7 Å². The van der Waals surface area contributed by atoms with Gasteiger partial charge in [-0.15, -0.1) is 0 Å². The van der Waals surface area contributed by atoms with Crippen LogP contribution in [0.5, 0.6) is 5.75 Å². The van der Waals surface area contributed by atoms with Gasteiger partial charge in [0.2, 0.25) is 0 Å². The Morgan fingerprint density at radius 1 is 1.33 bits per heavy atom. The Kier molecular flexibility index (Phi) is 4.64. The standard InChI is InChI=1S/C18H21N3O3/c1-3-19-17(22)15-10-16(13-6-8-14(24-2)9-7-13)20-21(18(15)23)11-12-4-5-12/h6-10,12H,3-5,11H2,1-2H3,(H,19,22). The van der Waals surface area contributed by atoms with E-state index < -0.39 is 0 Å². The van der Waals surface area contributed by atoms with Gasteiger partial charge in [-0.05, 0) is 56.0 Å². The molecule has 1 saturated carbocycles. The summed E-state index contributed by atoms with van der Waals surface area (Å²) in [4.78, 5) is 24.8. The van der Waals surface area contributed by atoms with Crippen LogP contribution in [0.2, 0.25) is 0 Å². The van der Waals surface area contributed by atoms with Crippen LogP contribution in [0, 0.1) is 5.92 Å². The van der Waals surface area contributed by atoms with Gasteiger partial charge < -0.3 is 10.1 Å². The third-order valence-corrected chi connectivity index (χ3v) is 4.07. The van der Waals surface area contributed by atoms with Crippen molar-refractivity contribution in [3.63, 3.8) is 0 Å². The molecule has 0 radical (unpaired) electrons. The number of benzene rings is 1. The average molecular weight is 327 g/mol. The second kappa shape index (κ2) is 6.86. The molecule has 6 heteroatoms. The van der Waals surface area contributed by atoms with Crippen molar-refractivity contribution in [1.82, 2.24) is 15.1 Å². The van der Waals surface area contributed by atoms with Crippen LogP contribution in [-0.2, 0) is 6.54 Å². The molecule has 1 N–H and O–H groups in total. The highest BCUT2D eigenvalue weighted by atomic mass is 16.5. The zero-order chi connectivity index (χ0) is 17.1. The van der Waals surface area contributed by atoms with Crippen LogP contribution in [0.1, 0.15) is 30.1 Å². The molecule has 0 saturated heterocycles. The van der Waals surface area contributed by atoms with E-state index >= 15 is 0 Å². The van der Waals surface area contributed by atoms with Gasteiger partial charge in [0.05, 0.1) is 12.8 Å². The summed E-state index contributed by atoms with van der Waals surface area (Å²) in [6.45, 7) is 2.86. The molecule has 0 bridgehead atoms. The number of hydrogen-bond acceptors (Lipinski definition) is 4. The summed E-state index contributed by atoms with van der Waals surface area (Å²) in [5.74, 6) is 0.876. The van der Waals surface area contributed by atoms with Crippen LogP contribution in [-0.4, -0.2) is 29.3 Å². The molecule has 1 aliphatic carbocycles. The molecular formula is C18H21N3O3. The molecule has 0 spiro atoms. The summed E-state index contributed by atoms with van der Waals surface area (Å²) in [5.41, 5.74) is 1.26. The van der Waals surface area contributed by atoms with Crippen molar-refractivity contribution in [3.05, 3.63) is 46.2 Å². The van der Waals surface area contributed by atoms with Crippen LogP contribution in [0.15, 0.2) is 35.1 Å². The van der Waals surface area contributed by atoms with Gasteiger partial charge in [0.25, 0.3) is 11.5 Å². The van der Waals surface area contributed by atoms with Crippen LogP contribution >= 0.6 is 0 Å². The monoisotopic (exact) mass is 327 g/mol. The summed E-state index contributed by atoms with van der Waals surface area (Å²) in [5, 5.41) is 7.16. The van der Waals surface area contributed by atoms with E-state index in [-0.39, 0.29) is 17.0 Å². The highest BCUT2D eigenvalue weighted by Gasteiger charge is 2.24. The Labute approximate surface area is 140 Å². The zero-order valence-electron chi connectivity index (χ0n) is 13.9. The summed E-state index contributed by atoms with van der Waals surface area (Å²) in [6.07, 6.45) is 2.22. The first kappa shape index (κ1) is 16.2. The lowest BCUT2D eigenvalue weighted by Crippen LogP contribution is -2.34. The number of aromatic nitrogens is 2. The van der Waals surface area contributed by atoms with Crippen molar-refractivity contribution in [2.75, 3.05) is 13.7 Å². The minimum absolute atomic E-state index is 0.137. The van der Waals surface area contributed by atoms with E-state index in [2.05, 4.69) is 10.4 Å². The first-order chi connectivity index (χ1) is 11.6. The van der Waals surface area contributed by atoms with Crippen molar-refractivity contribution in [3.8, 4) is 17.0 Å². The van der Waals surface area contributed by atoms with Crippen molar-refractivity contribution in [1.29, 1.82) is 0 Å². The Hall–Kier alpha value is -2.63. The SMILES string of the molecule is CCNC(=O)c1cc(-c2ccc(OC)cc2)nn(CC2CC2)c1=O. The van der Waals surface area contributed by atoms with Crippen LogP contribution in [0.25, 0.3) is 11.3 Å². The number of ether oxygens (including phenoxy) is 1. The molecule has 1 heterocycles. The van der Waals surface area contributed by atoms with Crippen LogP contribution in [0.3, 0.4) is 0 Å². The Balaban J connectivity index is 2.04. The predicted molar refractivity (Wildman–Crippen MR) is 91.2 cm³/mol. The van der Waals surface area contributed by atoms with Crippen molar-refractivity contribution >= 4 is 5.91 Å². The van der Waals surface area contributed by atoms with E-state index in [0.717, 1.165) is 24.2 Å². The highest BCUT2D eigenvalue weighted by molar-refractivity contribution is 5.94. The third kappa shape index (κ3) is 3.48. The summed E-state index contributed by atoms with van der Waals surface area (Å²) in [7, 11) is 1.61. The molecule has 1 aromatic heterocycles. The number of carbonyl (C=O) groups excluding carboxylic acids is 1. The molecule has 126 valence electrons. The van der Waals surface area contributed by atoms with Crippen LogP contribution in [0.4, 0.5) is 0 Å². The fourth-order valence-electron chi connectivity index (χ4n) is 2.53. The lowest BCUT2D eigenvalue weighted by Gasteiger charge is -2.11. The normalized spacial score (nSPS) is 13.6. The maximum Gasteiger partial charge on any atom is 0.279 e. The molecule has 0 unspecified atom stereocenters. The molecule has 0 aliphatic heterocycles. The summed E-state index contributed by atoms with van der Waals surface area (Å²) >= 11 is 0. The fraction of sp³-hybridized carbons (Fsp3) is 0.389. The molecule has 0 atom stereocenters. The first-order valence-corrected chi connectivity index (χ1v) is 8.17. The first-order valence-electron chi connectivity index (χ1n) is 8.17. The quantitative estimate of drug-likeness (QED) is 0.881. The number of hydrogen-bond donors (Lipinski definition) is 1. The molecule has 1 aromatic carbocycles. The second-order valence-corrected chi connectivity index (χ2v) is 5.96. The Morgan fingerprint density at radius 3 is 2.62 bits per heavy atom. The number of nitrogens with one attached hydrogen (secondary N) is 1. The molecule has 24 heavy (non-hydrogen) atoms. The van der Waals surface area contributed by atoms with Crippen molar-refractivity contribution < 1.29 is 9.53 Å². The van der Waals surface area contributed by atoms with E-state index in [1.54, 1.807) is 13.2 Å². The molecule has 1 aliphatic rings. The van der Waals surface area contributed by atoms with E-state index in [0.29, 0.717) is 24.7 Å². The van der Waals surface area contributed by atoms with E-state index in [4.69, 9.17) is 4.74 Å². The summed E-state index contributed by atoms with van der Waals surface area (Å²) < 4.78 is 6.60. The van der Waals surface area contributed by atoms with Crippen molar-refractivity contribution in [2.45, 2.75) is 26.3 Å². The number of methoxy groups -OCH3 is 1. The van der Waals surface area contributed by atoms with E-state index in [1.807, 2.05) is 31.2 Å². The number of amides is 1. The minimum atomic E-state index is -0.357. The largest absolute Gasteiger partial charge is 0.497 e. The maximum absolute atomic E-state index is 12.6. The molecule has 6 nitrogen and oxygen atoms in total. The lowest BCUT2D eigenvalue weighted by atomic mass is 10.1. The van der Waals surface area contributed by atoms with E-state index in [1.165, 1.54) is 4.68 Å².